The monoisotopic (exact) mass is 525 g/mol. The fraction of sp³-hybridized carbons (Fsp3) is 0.481. The van der Waals surface area contributed by atoms with Gasteiger partial charge in [-0.15, -0.1) is 0 Å². The first-order chi connectivity index (χ1) is 16.4. The Morgan fingerprint density at radius 2 is 1.66 bits per heavy atom. The van der Waals surface area contributed by atoms with E-state index in [2.05, 4.69) is 6.92 Å². The van der Waals surface area contributed by atoms with Gasteiger partial charge < -0.3 is 19.8 Å². The summed E-state index contributed by atoms with van der Waals surface area (Å²) >= 11 is 11.5. The number of halogens is 2. The zero-order valence-electron chi connectivity index (χ0n) is 20.9. The van der Waals surface area contributed by atoms with Crippen LogP contribution in [-0.2, 0) is 14.3 Å². The summed E-state index contributed by atoms with van der Waals surface area (Å²) in [5.41, 5.74) is 0.258. The molecular weight excluding hydrogens is 489 g/mol. The third-order valence-corrected chi connectivity index (χ3v) is 5.61. The first-order valence-corrected chi connectivity index (χ1v) is 12.5. The molecule has 35 heavy (non-hydrogen) atoms. The number of ether oxygens (including phenoxy) is 1. The molecule has 2 atom stereocenters. The van der Waals surface area contributed by atoms with Crippen molar-refractivity contribution in [2.24, 2.45) is 0 Å². The van der Waals surface area contributed by atoms with Crippen LogP contribution in [0.4, 0.5) is 0 Å². The van der Waals surface area contributed by atoms with Crippen LogP contribution in [0.2, 0.25) is 10.0 Å². The van der Waals surface area contributed by atoms with Gasteiger partial charge in [-0.25, -0.2) is 0 Å². The number of rotatable bonds is 7. The van der Waals surface area contributed by atoms with Gasteiger partial charge in [0.05, 0.1) is 30.9 Å². The maximum Gasteiger partial charge on any atom is 0.300 e. The molecule has 0 saturated carbocycles. The lowest BCUT2D eigenvalue weighted by molar-refractivity contribution is -0.142. The van der Waals surface area contributed by atoms with Crippen molar-refractivity contribution in [1.82, 2.24) is 4.90 Å². The Balaban J connectivity index is 0.000000458. The SMILES string of the molecule is CC(=O)O.CC[C@@H](COCC(C)(C)O)N1C(=O)CCC[C@H]1c1ccc(Cl)cc1.Clc1ccccc1. The van der Waals surface area contributed by atoms with Crippen molar-refractivity contribution in [3.8, 4) is 0 Å². The number of piperidine rings is 1. The highest BCUT2D eigenvalue weighted by molar-refractivity contribution is 6.30. The Kier molecular flexibility index (Phi) is 13.9. The summed E-state index contributed by atoms with van der Waals surface area (Å²) < 4.78 is 5.69. The molecule has 0 unspecified atom stereocenters. The van der Waals surface area contributed by atoms with E-state index in [9.17, 15) is 9.90 Å². The lowest BCUT2D eigenvalue weighted by Gasteiger charge is -2.41. The van der Waals surface area contributed by atoms with Crippen LogP contribution in [-0.4, -0.2) is 51.8 Å². The van der Waals surface area contributed by atoms with E-state index < -0.39 is 11.6 Å². The number of aliphatic hydroxyl groups is 1. The van der Waals surface area contributed by atoms with Crippen molar-refractivity contribution in [3.63, 3.8) is 0 Å². The molecule has 0 bridgehead atoms. The van der Waals surface area contributed by atoms with Crippen LogP contribution in [0.25, 0.3) is 0 Å². The fourth-order valence-electron chi connectivity index (χ4n) is 3.61. The molecule has 0 spiro atoms. The predicted octanol–water partition coefficient (Wildman–Crippen LogP) is 6.39. The topological polar surface area (TPSA) is 87.1 Å². The zero-order valence-corrected chi connectivity index (χ0v) is 22.4. The van der Waals surface area contributed by atoms with Crippen molar-refractivity contribution in [3.05, 3.63) is 70.2 Å². The number of carbonyl (C=O) groups is 2. The number of hydrogen-bond donors (Lipinski definition) is 2. The summed E-state index contributed by atoms with van der Waals surface area (Å²) in [4.78, 5) is 23.6. The number of carboxylic acid groups (broad SMARTS) is 1. The second-order valence-electron chi connectivity index (χ2n) is 8.96. The lowest BCUT2D eigenvalue weighted by atomic mass is 9.92. The average Bonchev–Trinajstić information content (AvgIpc) is 2.77. The first-order valence-electron chi connectivity index (χ1n) is 11.7. The molecule has 2 aromatic rings. The molecular formula is C27H37Cl2NO5. The number of carboxylic acids is 1. The van der Waals surface area contributed by atoms with Gasteiger partial charge in [0, 0.05) is 23.4 Å². The molecule has 0 aliphatic carbocycles. The molecule has 1 fully saturated rings. The van der Waals surface area contributed by atoms with E-state index in [1.165, 1.54) is 0 Å². The molecule has 2 aromatic carbocycles. The summed E-state index contributed by atoms with van der Waals surface area (Å²) in [5, 5.41) is 18.7. The van der Waals surface area contributed by atoms with Gasteiger partial charge in [0.25, 0.3) is 5.97 Å². The number of aliphatic carboxylic acids is 1. The van der Waals surface area contributed by atoms with Crippen LogP contribution in [0.1, 0.15) is 65.0 Å². The highest BCUT2D eigenvalue weighted by atomic mass is 35.5. The Bertz CT molecular complexity index is 881. The molecule has 8 heteroatoms. The molecule has 1 aliphatic rings. The zero-order chi connectivity index (χ0) is 26.4. The summed E-state index contributed by atoms with van der Waals surface area (Å²) in [6, 6.07) is 17.3. The summed E-state index contributed by atoms with van der Waals surface area (Å²) in [7, 11) is 0. The average molecular weight is 527 g/mol. The molecule has 2 N–H and O–H groups in total. The van der Waals surface area contributed by atoms with Crippen LogP contribution >= 0.6 is 23.2 Å². The number of nitrogens with zero attached hydrogens (tertiary/aromatic N) is 1. The Hall–Kier alpha value is -2.12. The highest BCUT2D eigenvalue weighted by Crippen LogP contribution is 2.34. The van der Waals surface area contributed by atoms with Crippen LogP contribution in [0.5, 0.6) is 0 Å². The standard InChI is InChI=1S/C19H28ClNO3.C6H5Cl.C2H4O2/c1-4-16(12-24-13-19(2,3)23)21-17(6-5-7-18(21)22)14-8-10-15(20)11-9-14;7-6-4-2-1-3-5-6;1-2(3)4/h8-11,16-17,23H,4-7,12-13H2,1-3H3;1-5H;1H3,(H,3,4)/t16-,17-;;/m0../s1. The fourth-order valence-corrected chi connectivity index (χ4v) is 3.88. The molecule has 1 aliphatic heterocycles. The third kappa shape index (κ3) is 13.0. The quantitative estimate of drug-likeness (QED) is 0.437. The Morgan fingerprint density at radius 3 is 2.11 bits per heavy atom. The van der Waals surface area contributed by atoms with Gasteiger partial charge in [-0.2, -0.15) is 0 Å². The van der Waals surface area contributed by atoms with Crippen molar-refractivity contribution < 1.29 is 24.5 Å². The highest BCUT2D eigenvalue weighted by Gasteiger charge is 2.34. The predicted molar refractivity (Wildman–Crippen MR) is 141 cm³/mol. The van der Waals surface area contributed by atoms with Gasteiger partial charge in [0.1, 0.15) is 0 Å². The molecule has 6 nitrogen and oxygen atoms in total. The van der Waals surface area contributed by atoms with E-state index >= 15 is 0 Å². The van der Waals surface area contributed by atoms with E-state index in [-0.39, 0.29) is 24.6 Å². The van der Waals surface area contributed by atoms with Gasteiger partial charge in [0.15, 0.2) is 0 Å². The smallest absolute Gasteiger partial charge is 0.300 e. The number of likely N-dealkylation sites (tertiary alicyclic amines) is 1. The second kappa shape index (κ2) is 15.8. The number of carbonyl (C=O) groups excluding carboxylic acids is 1. The maximum absolute atomic E-state index is 12.6. The minimum Gasteiger partial charge on any atom is -0.481 e. The lowest BCUT2D eigenvalue weighted by Crippen LogP contribution is -2.47. The molecule has 0 radical (unpaired) electrons. The minimum absolute atomic E-state index is 0.0147. The van der Waals surface area contributed by atoms with Crippen molar-refractivity contribution >= 4 is 35.1 Å². The number of amides is 1. The Morgan fingerprint density at radius 1 is 1.11 bits per heavy atom. The van der Waals surface area contributed by atoms with Gasteiger partial charge >= 0.3 is 0 Å². The molecule has 3 rings (SSSR count). The normalized spacial score (nSPS) is 16.4. The molecule has 1 amide bonds. The largest absolute Gasteiger partial charge is 0.481 e. The van der Waals surface area contributed by atoms with Crippen molar-refractivity contribution in [2.45, 2.75) is 71.1 Å². The van der Waals surface area contributed by atoms with Crippen LogP contribution in [0.15, 0.2) is 54.6 Å². The van der Waals surface area contributed by atoms with Crippen LogP contribution in [0.3, 0.4) is 0 Å². The third-order valence-electron chi connectivity index (χ3n) is 5.11. The van der Waals surface area contributed by atoms with E-state index in [1.807, 2.05) is 59.5 Å². The van der Waals surface area contributed by atoms with E-state index in [4.69, 9.17) is 37.8 Å². The van der Waals surface area contributed by atoms with Gasteiger partial charge in [0.2, 0.25) is 5.91 Å². The van der Waals surface area contributed by atoms with Crippen molar-refractivity contribution in [1.29, 1.82) is 0 Å². The second-order valence-corrected chi connectivity index (χ2v) is 9.84. The minimum atomic E-state index is -0.861. The maximum atomic E-state index is 12.6. The molecule has 1 heterocycles. The summed E-state index contributed by atoms with van der Waals surface area (Å²) in [5.74, 6) is -0.653. The van der Waals surface area contributed by atoms with Gasteiger partial charge in [-0.1, -0.05) is 60.5 Å². The number of benzene rings is 2. The van der Waals surface area contributed by atoms with Gasteiger partial charge in [-0.3, -0.25) is 9.59 Å². The summed E-state index contributed by atoms with van der Waals surface area (Å²) in [6.07, 6.45) is 3.27. The first kappa shape index (κ1) is 30.9. The van der Waals surface area contributed by atoms with Gasteiger partial charge in [-0.05, 0) is 62.9 Å². The number of hydrogen-bond acceptors (Lipinski definition) is 4. The van der Waals surface area contributed by atoms with E-state index in [0.29, 0.717) is 18.1 Å². The van der Waals surface area contributed by atoms with Crippen molar-refractivity contribution in [2.75, 3.05) is 13.2 Å². The van der Waals surface area contributed by atoms with E-state index in [1.54, 1.807) is 13.8 Å². The molecule has 194 valence electrons. The van der Waals surface area contributed by atoms with Crippen LogP contribution in [0, 0.1) is 0 Å². The molecule has 0 aromatic heterocycles. The summed E-state index contributed by atoms with van der Waals surface area (Å²) in [6.45, 7) is 7.29. The van der Waals surface area contributed by atoms with E-state index in [0.717, 1.165) is 36.8 Å². The Labute approximate surface area is 218 Å². The molecule has 1 saturated heterocycles. The van der Waals surface area contributed by atoms with Crippen LogP contribution < -0.4 is 0 Å².